The number of para-hydroxylation sites is 1. The summed E-state index contributed by atoms with van der Waals surface area (Å²) in [5, 5.41) is 1.25. The van der Waals surface area contributed by atoms with Crippen LogP contribution >= 0.6 is 0 Å². The highest BCUT2D eigenvalue weighted by molar-refractivity contribution is 5.87. The van der Waals surface area contributed by atoms with Crippen LogP contribution in [0.15, 0.2) is 60.7 Å². The number of aromatic nitrogens is 1. The Morgan fingerprint density at radius 1 is 0.667 bits per heavy atom. The molecule has 4 aromatic rings. The Morgan fingerprint density at radius 2 is 1.30 bits per heavy atom. The maximum Gasteiger partial charge on any atom is 0.0712 e. The summed E-state index contributed by atoms with van der Waals surface area (Å²) >= 11 is 0. The first kappa shape index (κ1) is 15.2. The van der Waals surface area contributed by atoms with Gasteiger partial charge in [0.25, 0.3) is 0 Å². The van der Waals surface area contributed by atoms with Crippen LogP contribution in [0.2, 0.25) is 0 Å². The van der Waals surface area contributed by atoms with Crippen molar-refractivity contribution in [2.45, 2.75) is 32.6 Å². The van der Waals surface area contributed by atoms with Gasteiger partial charge in [-0.2, -0.15) is 0 Å². The van der Waals surface area contributed by atoms with Gasteiger partial charge in [-0.1, -0.05) is 36.4 Å². The smallest absolute Gasteiger partial charge is 0.0712 e. The molecule has 0 saturated heterocycles. The fraction of sp³-hybridized carbons (Fsp3) is 0.192. The number of hydrogen-bond donors (Lipinski definition) is 0. The average molecular weight is 347 g/mol. The van der Waals surface area contributed by atoms with Crippen molar-refractivity contribution in [1.82, 2.24) is 4.98 Å². The number of aryl methyl sites for hydroxylation is 5. The zero-order chi connectivity index (χ0) is 18.0. The zero-order valence-corrected chi connectivity index (χ0v) is 15.5. The lowest BCUT2D eigenvalue weighted by molar-refractivity contribution is 0.877. The van der Waals surface area contributed by atoms with Gasteiger partial charge in [0.1, 0.15) is 0 Å². The number of rotatable bonds is 1. The van der Waals surface area contributed by atoms with Crippen molar-refractivity contribution in [3.8, 4) is 22.4 Å². The Kier molecular flexibility index (Phi) is 3.11. The van der Waals surface area contributed by atoms with Gasteiger partial charge < -0.3 is 0 Å². The van der Waals surface area contributed by atoms with Crippen molar-refractivity contribution >= 4 is 10.9 Å². The van der Waals surface area contributed by atoms with Gasteiger partial charge in [0.05, 0.1) is 11.2 Å². The monoisotopic (exact) mass is 347 g/mol. The molecule has 0 amide bonds. The molecule has 3 aromatic carbocycles. The van der Waals surface area contributed by atoms with E-state index in [1.165, 1.54) is 49.9 Å². The zero-order valence-electron chi connectivity index (χ0n) is 15.5. The van der Waals surface area contributed by atoms with E-state index in [2.05, 4.69) is 67.6 Å². The van der Waals surface area contributed by atoms with Crippen molar-refractivity contribution in [3.05, 3.63) is 88.5 Å². The second kappa shape index (κ2) is 5.53. The van der Waals surface area contributed by atoms with Crippen molar-refractivity contribution < 1.29 is 0 Å². The molecule has 27 heavy (non-hydrogen) atoms. The minimum Gasteiger partial charge on any atom is -0.248 e. The third-order valence-electron chi connectivity index (χ3n) is 6.33. The van der Waals surface area contributed by atoms with Gasteiger partial charge in [-0.05, 0) is 95.8 Å². The maximum atomic E-state index is 4.99. The molecule has 0 atom stereocenters. The summed E-state index contributed by atoms with van der Waals surface area (Å²) in [5.41, 5.74) is 13.9. The molecule has 0 bridgehead atoms. The minimum absolute atomic E-state index is 1.09. The van der Waals surface area contributed by atoms with Crippen LogP contribution in [-0.2, 0) is 25.7 Å². The summed E-state index contributed by atoms with van der Waals surface area (Å²) in [6, 6.07) is 22.4. The second-order valence-electron chi connectivity index (χ2n) is 7.96. The van der Waals surface area contributed by atoms with Crippen LogP contribution in [-0.4, -0.2) is 4.98 Å². The summed E-state index contributed by atoms with van der Waals surface area (Å²) in [6.07, 6.45) is 4.59. The van der Waals surface area contributed by atoms with Gasteiger partial charge in [0, 0.05) is 10.9 Å². The lowest BCUT2D eigenvalue weighted by atomic mass is 9.75. The highest BCUT2D eigenvalue weighted by Gasteiger charge is 2.26. The normalized spacial score (nSPS) is 14.3. The third-order valence-corrected chi connectivity index (χ3v) is 6.33. The molecule has 1 nitrogen and oxygen atoms in total. The molecule has 0 unspecified atom stereocenters. The molecule has 1 aromatic heterocycles. The van der Waals surface area contributed by atoms with Crippen molar-refractivity contribution in [2.75, 3.05) is 0 Å². The Labute approximate surface area is 159 Å². The first-order chi connectivity index (χ1) is 13.3. The molecule has 0 radical (unpaired) electrons. The Hall–Kier alpha value is -2.93. The van der Waals surface area contributed by atoms with E-state index < -0.39 is 0 Å². The van der Waals surface area contributed by atoms with E-state index in [0.717, 1.165) is 36.9 Å². The molecule has 0 N–H and O–H groups in total. The summed E-state index contributed by atoms with van der Waals surface area (Å²) < 4.78 is 0. The van der Waals surface area contributed by atoms with Crippen LogP contribution in [0.25, 0.3) is 33.3 Å². The van der Waals surface area contributed by atoms with E-state index >= 15 is 0 Å². The molecule has 0 fully saturated rings. The number of pyridine rings is 1. The van der Waals surface area contributed by atoms with Gasteiger partial charge in [-0.15, -0.1) is 0 Å². The van der Waals surface area contributed by atoms with Crippen molar-refractivity contribution in [3.63, 3.8) is 0 Å². The first-order valence-corrected chi connectivity index (χ1v) is 9.91. The lowest BCUT2D eigenvalue weighted by Gasteiger charge is -2.30. The highest BCUT2D eigenvalue weighted by atomic mass is 14.7. The lowest BCUT2D eigenvalue weighted by Crippen LogP contribution is -2.14. The van der Waals surface area contributed by atoms with Gasteiger partial charge in [-0.3, -0.25) is 0 Å². The predicted molar refractivity (Wildman–Crippen MR) is 112 cm³/mol. The molecule has 130 valence electrons. The van der Waals surface area contributed by atoms with Crippen LogP contribution in [0.3, 0.4) is 0 Å². The molecule has 0 spiro atoms. The summed E-state index contributed by atoms with van der Waals surface area (Å²) in [7, 11) is 0. The number of hydrogen-bond acceptors (Lipinski definition) is 1. The fourth-order valence-electron chi connectivity index (χ4n) is 5.06. The molecular formula is C26H21N. The summed E-state index contributed by atoms with van der Waals surface area (Å²) in [4.78, 5) is 4.99. The molecule has 6 rings (SSSR count). The largest absolute Gasteiger partial charge is 0.248 e. The molecule has 2 aliphatic rings. The summed E-state index contributed by atoms with van der Waals surface area (Å²) in [5.74, 6) is 0. The Balaban J connectivity index is 1.58. The van der Waals surface area contributed by atoms with Crippen LogP contribution < -0.4 is 0 Å². The van der Waals surface area contributed by atoms with E-state index in [-0.39, 0.29) is 0 Å². The van der Waals surface area contributed by atoms with Crippen molar-refractivity contribution in [2.24, 2.45) is 0 Å². The quantitative estimate of drug-likeness (QED) is 0.407. The van der Waals surface area contributed by atoms with E-state index in [1.807, 2.05) is 0 Å². The highest BCUT2D eigenvalue weighted by Crippen LogP contribution is 2.44. The van der Waals surface area contributed by atoms with Gasteiger partial charge in [0.2, 0.25) is 0 Å². The third kappa shape index (κ3) is 2.21. The maximum absolute atomic E-state index is 4.99. The standard InChI is InChI=1S/C26H21N/c1-16-13-24(27-23-8-3-2-7-22(16)23)21-14-19-11-9-17-5-4-6-18-10-12-20(15-21)26(19)25(17)18/h2-8,13-15H,9-12H2,1H3. The first-order valence-electron chi connectivity index (χ1n) is 9.91. The SMILES string of the molecule is Cc1cc(-c2cc3c4c(c2)CCc2cccc(c2-4)CC3)nc2ccccc12. The van der Waals surface area contributed by atoms with E-state index in [1.54, 1.807) is 0 Å². The Morgan fingerprint density at radius 3 is 2.04 bits per heavy atom. The number of nitrogens with zero attached hydrogens (tertiary/aromatic N) is 1. The van der Waals surface area contributed by atoms with Gasteiger partial charge in [0.15, 0.2) is 0 Å². The van der Waals surface area contributed by atoms with Crippen LogP contribution in [0.1, 0.15) is 27.8 Å². The molecule has 1 heterocycles. The van der Waals surface area contributed by atoms with E-state index in [4.69, 9.17) is 4.98 Å². The van der Waals surface area contributed by atoms with E-state index in [0.29, 0.717) is 0 Å². The van der Waals surface area contributed by atoms with Crippen LogP contribution in [0, 0.1) is 6.92 Å². The second-order valence-corrected chi connectivity index (χ2v) is 7.96. The topological polar surface area (TPSA) is 12.9 Å². The Bertz CT molecular complexity index is 1190. The molecular weight excluding hydrogens is 326 g/mol. The molecule has 0 aliphatic heterocycles. The molecule has 1 heteroatoms. The molecule has 0 saturated carbocycles. The van der Waals surface area contributed by atoms with Crippen LogP contribution in [0.5, 0.6) is 0 Å². The van der Waals surface area contributed by atoms with E-state index in [9.17, 15) is 0 Å². The van der Waals surface area contributed by atoms with Crippen LogP contribution in [0.4, 0.5) is 0 Å². The number of benzene rings is 3. The number of fused-ring (bicyclic) bond motifs is 1. The van der Waals surface area contributed by atoms with Crippen molar-refractivity contribution in [1.29, 1.82) is 0 Å². The summed E-state index contributed by atoms with van der Waals surface area (Å²) in [6.45, 7) is 2.19. The average Bonchev–Trinajstić information content (AvgIpc) is 2.72. The molecule has 2 aliphatic carbocycles. The van der Waals surface area contributed by atoms with Gasteiger partial charge >= 0.3 is 0 Å². The van der Waals surface area contributed by atoms with Gasteiger partial charge in [-0.25, -0.2) is 4.98 Å². The minimum atomic E-state index is 1.09. The fourth-order valence-corrected chi connectivity index (χ4v) is 5.06. The predicted octanol–water partition coefficient (Wildman–Crippen LogP) is 6.07.